The van der Waals surface area contributed by atoms with Crippen molar-refractivity contribution in [2.24, 2.45) is 0 Å². The summed E-state index contributed by atoms with van der Waals surface area (Å²) in [7, 11) is 0. The van der Waals surface area contributed by atoms with E-state index in [0.29, 0.717) is 12.1 Å². The molecule has 0 bridgehead atoms. The lowest BCUT2D eigenvalue weighted by Gasteiger charge is -2.08. The minimum Gasteiger partial charge on any atom is -0.478 e. The summed E-state index contributed by atoms with van der Waals surface area (Å²) >= 11 is 0. The molecule has 0 saturated heterocycles. The zero-order chi connectivity index (χ0) is 17.3. The molecule has 0 aliphatic heterocycles. The van der Waals surface area contributed by atoms with Crippen molar-refractivity contribution in [1.82, 2.24) is 10.3 Å². The third-order valence-corrected chi connectivity index (χ3v) is 4.49. The highest BCUT2D eigenvalue weighted by molar-refractivity contribution is 5.88. The number of aromatic amines is 1. The van der Waals surface area contributed by atoms with E-state index in [1.54, 1.807) is 12.1 Å². The maximum atomic E-state index is 10.9. The summed E-state index contributed by atoms with van der Waals surface area (Å²) < 4.78 is 0. The molecule has 4 nitrogen and oxygen atoms in total. The summed E-state index contributed by atoms with van der Waals surface area (Å²) in [5, 5.41) is 13.7. The number of aromatic nitrogens is 1. The maximum absolute atomic E-state index is 10.9. The Bertz CT molecular complexity index is 892. The molecule has 4 heteroatoms. The number of hydrogen-bond donors (Lipinski definition) is 3. The minimum atomic E-state index is -0.894. The second-order valence-corrected chi connectivity index (χ2v) is 6.33. The molecule has 124 valence electrons. The highest BCUT2D eigenvalue weighted by Crippen LogP contribution is 2.26. The van der Waals surface area contributed by atoms with Gasteiger partial charge in [-0.2, -0.15) is 0 Å². The van der Waals surface area contributed by atoms with E-state index in [1.165, 1.54) is 33.3 Å². The standard InChI is InChI=1S/C20H22N2O2/c1-12-8-17(19-18(9-12)13(2)14(3)22-19)11-21-10-15-4-6-16(7-5-15)20(23)24/h4-9,21-22H,10-11H2,1-3H3,(H,23,24). The number of aryl methyl sites for hydroxylation is 3. The van der Waals surface area contributed by atoms with Crippen LogP contribution in [0.5, 0.6) is 0 Å². The summed E-state index contributed by atoms with van der Waals surface area (Å²) in [6, 6.07) is 11.4. The van der Waals surface area contributed by atoms with Crippen LogP contribution in [0.4, 0.5) is 0 Å². The van der Waals surface area contributed by atoms with Gasteiger partial charge in [-0.1, -0.05) is 23.8 Å². The van der Waals surface area contributed by atoms with Crippen molar-refractivity contribution >= 4 is 16.9 Å². The molecule has 0 unspecified atom stereocenters. The molecule has 0 fully saturated rings. The van der Waals surface area contributed by atoms with Crippen molar-refractivity contribution in [3.8, 4) is 0 Å². The van der Waals surface area contributed by atoms with E-state index in [-0.39, 0.29) is 0 Å². The summed E-state index contributed by atoms with van der Waals surface area (Å²) in [6.45, 7) is 7.84. The second-order valence-electron chi connectivity index (χ2n) is 6.33. The van der Waals surface area contributed by atoms with E-state index < -0.39 is 5.97 Å². The number of hydrogen-bond acceptors (Lipinski definition) is 2. The zero-order valence-electron chi connectivity index (χ0n) is 14.2. The van der Waals surface area contributed by atoms with Crippen LogP contribution >= 0.6 is 0 Å². The van der Waals surface area contributed by atoms with Gasteiger partial charge in [0, 0.05) is 24.2 Å². The molecule has 3 aromatic rings. The van der Waals surface area contributed by atoms with Gasteiger partial charge in [-0.05, 0) is 55.7 Å². The van der Waals surface area contributed by atoms with Crippen LogP contribution in [0.3, 0.4) is 0 Å². The first-order valence-corrected chi connectivity index (χ1v) is 8.07. The molecule has 24 heavy (non-hydrogen) atoms. The summed E-state index contributed by atoms with van der Waals surface area (Å²) in [6.07, 6.45) is 0. The molecule has 2 aromatic carbocycles. The van der Waals surface area contributed by atoms with Crippen LogP contribution in [0.1, 0.15) is 38.3 Å². The van der Waals surface area contributed by atoms with Crippen molar-refractivity contribution in [1.29, 1.82) is 0 Å². The first-order valence-electron chi connectivity index (χ1n) is 8.07. The molecule has 0 amide bonds. The largest absolute Gasteiger partial charge is 0.478 e. The summed E-state index contributed by atoms with van der Waals surface area (Å²) in [5.41, 5.74) is 7.61. The molecule has 3 rings (SSSR count). The van der Waals surface area contributed by atoms with Gasteiger partial charge in [0.25, 0.3) is 0 Å². The lowest BCUT2D eigenvalue weighted by atomic mass is 10.0. The van der Waals surface area contributed by atoms with Crippen LogP contribution in [0.2, 0.25) is 0 Å². The van der Waals surface area contributed by atoms with Crippen molar-refractivity contribution in [3.05, 3.63) is 69.9 Å². The quantitative estimate of drug-likeness (QED) is 0.663. The van der Waals surface area contributed by atoms with Gasteiger partial charge in [0.15, 0.2) is 0 Å². The number of carboxylic acids is 1. The van der Waals surface area contributed by atoms with Gasteiger partial charge in [-0.15, -0.1) is 0 Å². The van der Waals surface area contributed by atoms with Crippen molar-refractivity contribution < 1.29 is 9.90 Å². The van der Waals surface area contributed by atoms with Gasteiger partial charge in [-0.3, -0.25) is 0 Å². The van der Waals surface area contributed by atoms with Crippen LogP contribution in [0.25, 0.3) is 10.9 Å². The van der Waals surface area contributed by atoms with Crippen molar-refractivity contribution in [2.45, 2.75) is 33.9 Å². The van der Waals surface area contributed by atoms with Gasteiger partial charge in [0.2, 0.25) is 0 Å². The normalized spacial score (nSPS) is 11.1. The SMILES string of the molecule is Cc1cc(CNCc2ccc(C(=O)O)cc2)c2[nH]c(C)c(C)c2c1. The van der Waals surface area contributed by atoms with E-state index in [9.17, 15) is 4.79 Å². The van der Waals surface area contributed by atoms with Gasteiger partial charge in [0.1, 0.15) is 0 Å². The average molecular weight is 322 g/mol. The predicted octanol–water partition coefficient (Wildman–Crippen LogP) is 4.08. The number of carboxylic acid groups (broad SMARTS) is 1. The number of carbonyl (C=O) groups is 1. The Hall–Kier alpha value is -2.59. The second kappa shape index (κ2) is 6.49. The first-order chi connectivity index (χ1) is 11.5. The van der Waals surface area contributed by atoms with Gasteiger partial charge in [0.05, 0.1) is 11.1 Å². The lowest BCUT2D eigenvalue weighted by molar-refractivity contribution is 0.0697. The molecule has 0 spiro atoms. The molecule has 3 N–H and O–H groups in total. The van der Waals surface area contributed by atoms with Crippen molar-refractivity contribution in [3.63, 3.8) is 0 Å². The number of nitrogens with one attached hydrogen (secondary N) is 2. The molecule has 0 aliphatic rings. The third-order valence-electron chi connectivity index (χ3n) is 4.49. The van der Waals surface area contributed by atoms with Crippen LogP contribution in [-0.4, -0.2) is 16.1 Å². The number of benzene rings is 2. The number of fused-ring (bicyclic) bond motifs is 1. The smallest absolute Gasteiger partial charge is 0.335 e. The highest BCUT2D eigenvalue weighted by Gasteiger charge is 2.09. The Morgan fingerprint density at radius 3 is 2.46 bits per heavy atom. The fourth-order valence-corrected chi connectivity index (χ4v) is 3.03. The average Bonchev–Trinajstić information content (AvgIpc) is 2.83. The molecule has 0 saturated carbocycles. The van der Waals surface area contributed by atoms with E-state index in [2.05, 4.69) is 43.2 Å². The zero-order valence-corrected chi connectivity index (χ0v) is 14.2. The monoisotopic (exact) mass is 322 g/mol. The fourth-order valence-electron chi connectivity index (χ4n) is 3.03. The van der Waals surface area contributed by atoms with Gasteiger partial charge < -0.3 is 15.4 Å². The molecule has 0 radical (unpaired) electrons. The Morgan fingerprint density at radius 1 is 1.08 bits per heavy atom. The molecule has 1 aromatic heterocycles. The first kappa shape index (κ1) is 16.3. The molecular weight excluding hydrogens is 300 g/mol. The fraction of sp³-hybridized carbons (Fsp3) is 0.250. The Balaban J connectivity index is 1.74. The van der Waals surface area contributed by atoms with E-state index >= 15 is 0 Å². The van der Waals surface area contributed by atoms with E-state index in [0.717, 1.165) is 12.1 Å². The molecule has 0 atom stereocenters. The van der Waals surface area contributed by atoms with Crippen LogP contribution < -0.4 is 5.32 Å². The molecule has 1 heterocycles. The van der Waals surface area contributed by atoms with Crippen LogP contribution in [0.15, 0.2) is 36.4 Å². The van der Waals surface area contributed by atoms with E-state index in [1.807, 2.05) is 12.1 Å². The number of H-pyrrole nitrogens is 1. The predicted molar refractivity (Wildman–Crippen MR) is 96.5 cm³/mol. The van der Waals surface area contributed by atoms with E-state index in [4.69, 9.17) is 5.11 Å². The Kier molecular flexibility index (Phi) is 4.40. The molecular formula is C20H22N2O2. The Morgan fingerprint density at radius 2 is 1.79 bits per heavy atom. The Labute approximate surface area is 141 Å². The highest BCUT2D eigenvalue weighted by atomic mass is 16.4. The minimum absolute atomic E-state index is 0.316. The number of rotatable bonds is 5. The van der Waals surface area contributed by atoms with Crippen molar-refractivity contribution in [2.75, 3.05) is 0 Å². The molecule has 0 aliphatic carbocycles. The van der Waals surface area contributed by atoms with Gasteiger partial charge in [-0.25, -0.2) is 4.79 Å². The number of aromatic carboxylic acids is 1. The van der Waals surface area contributed by atoms with Gasteiger partial charge >= 0.3 is 5.97 Å². The summed E-state index contributed by atoms with van der Waals surface area (Å²) in [4.78, 5) is 14.4. The topological polar surface area (TPSA) is 65.1 Å². The third kappa shape index (κ3) is 3.19. The van der Waals surface area contributed by atoms with Crippen LogP contribution in [-0.2, 0) is 13.1 Å². The maximum Gasteiger partial charge on any atom is 0.335 e. The van der Waals surface area contributed by atoms with Crippen LogP contribution in [0, 0.1) is 20.8 Å². The summed E-state index contributed by atoms with van der Waals surface area (Å²) in [5.74, 6) is -0.894. The lowest BCUT2D eigenvalue weighted by Crippen LogP contribution is -2.13.